The zero-order valence-electron chi connectivity index (χ0n) is 12.9. The number of rotatable bonds is 4. The summed E-state index contributed by atoms with van der Waals surface area (Å²) < 4.78 is 12.9. The molecule has 6 nitrogen and oxygen atoms in total. The van der Waals surface area contributed by atoms with Gasteiger partial charge in [0.1, 0.15) is 11.5 Å². The largest absolute Gasteiger partial charge is 0.478 e. The number of benzene rings is 2. The third-order valence-electron chi connectivity index (χ3n) is 3.68. The number of amides is 3. The van der Waals surface area contributed by atoms with E-state index in [9.17, 15) is 18.8 Å². The van der Waals surface area contributed by atoms with Crippen molar-refractivity contribution in [3.8, 4) is 0 Å². The lowest BCUT2D eigenvalue weighted by Crippen LogP contribution is -2.30. The molecule has 1 aliphatic rings. The highest BCUT2D eigenvalue weighted by Gasteiger charge is 2.33. The molecule has 7 heteroatoms. The summed E-state index contributed by atoms with van der Waals surface area (Å²) in [5.41, 5.74) is 1.42. The number of carboxylic acid groups (broad SMARTS) is 1. The Bertz CT molecular complexity index is 873. The first-order valence-electron chi connectivity index (χ1n) is 7.36. The second-order valence-corrected chi connectivity index (χ2v) is 5.43. The normalized spacial score (nSPS) is 15.6. The first kappa shape index (κ1) is 16.4. The van der Waals surface area contributed by atoms with Crippen molar-refractivity contribution in [1.82, 2.24) is 10.2 Å². The molecule has 3 amide bonds. The number of aromatic carboxylic acids is 1. The van der Waals surface area contributed by atoms with Gasteiger partial charge in [-0.1, -0.05) is 24.3 Å². The number of carbonyl (C=O) groups is 3. The maximum Gasteiger partial charge on any atom is 0.335 e. The molecule has 2 aromatic carbocycles. The molecule has 0 aromatic heterocycles. The van der Waals surface area contributed by atoms with Crippen LogP contribution >= 0.6 is 0 Å². The highest BCUT2D eigenvalue weighted by Crippen LogP contribution is 2.17. The molecule has 0 spiro atoms. The first-order chi connectivity index (χ1) is 11.9. The Morgan fingerprint density at radius 3 is 2.32 bits per heavy atom. The smallest absolute Gasteiger partial charge is 0.335 e. The Hall–Kier alpha value is -3.48. The molecule has 0 radical (unpaired) electrons. The third kappa shape index (κ3) is 3.55. The molecule has 0 unspecified atom stereocenters. The van der Waals surface area contributed by atoms with Gasteiger partial charge in [0.25, 0.3) is 5.91 Å². The second kappa shape index (κ2) is 6.56. The summed E-state index contributed by atoms with van der Waals surface area (Å²) in [6.07, 6.45) is 1.47. The lowest BCUT2D eigenvalue weighted by molar-refractivity contribution is -0.123. The van der Waals surface area contributed by atoms with Crippen molar-refractivity contribution >= 4 is 24.0 Å². The van der Waals surface area contributed by atoms with Crippen molar-refractivity contribution in [2.24, 2.45) is 0 Å². The van der Waals surface area contributed by atoms with Crippen LogP contribution in [0.4, 0.5) is 9.18 Å². The molecule has 2 N–H and O–H groups in total. The SMILES string of the molecule is O=C(O)c1ccc(/C=C2\NC(=O)N(Cc3ccc(F)cc3)C2=O)cc1. The van der Waals surface area contributed by atoms with Crippen molar-refractivity contribution in [3.05, 3.63) is 76.7 Å². The zero-order valence-corrected chi connectivity index (χ0v) is 12.9. The predicted octanol–water partition coefficient (Wildman–Crippen LogP) is 2.62. The molecule has 3 rings (SSSR count). The van der Waals surface area contributed by atoms with Gasteiger partial charge in [0, 0.05) is 0 Å². The van der Waals surface area contributed by atoms with E-state index in [1.807, 2.05) is 0 Å². The van der Waals surface area contributed by atoms with Crippen LogP contribution < -0.4 is 5.32 Å². The third-order valence-corrected chi connectivity index (χ3v) is 3.68. The van der Waals surface area contributed by atoms with Gasteiger partial charge in [0.05, 0.1) is 12.1 Å². The Morgan fingerprint density at radius 1 is 1.08 bits per heavy atom. The number of nitrogens with one attached hydrogen (secondary N) is 1. The van der Waals surface area contributed by atoms with Crippen LogP contribution in [0, 0.1) is 5.82 Å². The minimum absolute atomic E-state index is 0.0280. The summed E-state index contributed by atoms with van der Waals surface area (Å²) in [7, 11) is 0. The van der Waals surface area contributed by atoms with Crippen LogP contribution in [-0.2, 0) is 11.3 Å². The van der Waals surface area contributed by atoms with Crippen LogP contribution in [0.25, 0.3) is 6.08 Å². The Labute approximate surface area is 142 Å². The van der Waals surface area contributed by atoms with Gasteiger partial charge < -0.3 is 10.4 Å². The van der Waals surface area contributed by atoms with Crippen molar-refractivity contribution < 1.29 is 23.9 Å². The van der Waals surface area contributed by atoms with Gasteiger partial charge in [-0.2, -0.15) is 0 Å². The van der Waals surface area contributed by atoms with Crippen molar-refractivity contribution in [2.45, 2.75) is 6.54 Å². The van der Waals surface area contributed by atoms with Crippen molar-refractivity contribution in [1.29, 1.82) is 0 Å². The fourth-order valence-corrected chi connectivity index (χ4v) is 2.38. The van der Waals surface area contributed by atoms with Gasteiger partial charge in [-0.25, -0.2) is 14.0 Å². The van der Waals surface area contributed by atoms with E-state index >= 15 is 0 Å². The van der Waals surface area contributed by atoms with E-state index in [1.165, 1.54) is 42.5 Å². The van der Waals surface area contributed by atoms with E-state index in [-0.39, 0.29) is 17.8 Å². The molecule has 1 heterocycles. The molecule has 126 valence electrons. The highest BCUT2D eigenvalue weighted by atomic mass is 19.1. The molecule has 1 saturated heterocycles. The Morgan fingerprint density at radius 2 is 1.72 bits per heavy atom. The summed E-state index contributed by atoms with van der Waals surface area (Å²) in [6.45, 7) is 0.0280. The molecule has 0 bridgehead atoms. The number of hydrogen-bond acceptors (Lipinski definition) is 3. The van der Waals surface area contributed by atoms with Crippen LogP contribution in [0.2, 0.25) is 0 Å². The van der Waals surface area contributed by atoms with Crippen LogP contribution in [0.1, 0.15) is 21.5 Å². The number of carboxylic acids is 1. The maximum atomic E-state index is 12.9. The standard InChI is InChI=1S/C18H13FN2O4/c19-14-7-3-12(4-8-14)10-21-16(22)15(20-18(21)25)9-11-1-5-13(6-2-11)17(23)24/h1-9H,10H2,(H,20,25)(H,23,24)/b15-9-. The summed E-state index contributed by atoms with van der Waals surface area (Å²) >= 11 is 0. The zero-order chi connectivity index (χ0) is 18.0. The molecule has 0 saturated carbocycles. The molecule has 1 fully saturated rings. The number of imide groups is 1. The van der Waals surface area contributed by atoms with E-state index in [0.717, 1.165) is 4.90 Å². The van der Waals surface area contributed by atoms with Crippen LogP contribution in [-0.4, -0.2) is 27.9 Å². The summed E-state index contributed by atoms with van der Waals surface area (Å²) in [5, 5.41) is 11.4. The lowest BCUT2D eigenvalue weighted by atomic mass is 10.1. The summed E-state index contributed by atoms with van der Waals surface area (Å²) in [4.78, 5) is 36.2. The molecular formula is C18H13FN2O4. The summed E-state index contributed by atoms with van der Waals surface area (Å²) in [5.74, 6) is -1.95. The van der Waals surface area contributed by atoms with Crippen molar-refractivity contribution in [3.63, 3.8) is 0 Å². The minimum atomic E-state index is -1.05. The fourth-order valence-electron chi connectivity index (χ4n) is 2.38. The monoisotopic (exact) mass is 340 g/mol. The number of halogens is 1. The van der Waals surface area contributed by atoms with Crippen LogP contribution in [0.5, 0.6) is 0 Å². The topological polar surface area (TPSA) is 86.7 Å². The lowest BCUT2D eigenvalue weighted by Gasteiger charge is -2.11. The Balaban J connectivity index is 1.78. The minimum Gasteiger partial charge on any atom is -0.478 e. The number of urea groups is 1. The molecule has 0 atom stereocenters. The van der Waals surface area contributed by atoms with Gasteiger partial charge in [0.2, 0.25) is 0 Å². The van der Waals surface area contributed by atoms with Crippen LogP contribution in [0.15, 0.2) is 54.2 Å². The van der Waals surface area contributed by atoms with Gasteiger partial charge in [-0.3, -0.25) is 9.69 Å². The van der Waals surface area contributed by atoms with Crippen LogP contribution in [0.3, 0.4) is 0 Å². The number of carbonyl (C=O) groups excluding carboxylic acids is 2. The molecule has 1 aliphatic heterocycles. The number of nitrogens with zero attached hydrogens (tertiary/aromatic N) is 1. The van der Waals surface area contributed by atoms with Gasteiger partial charge in [-0.15, -0.1) is 0 Å². The average Bonchev–Trinajstić information content (AvgIpc) is 2.85. The highest BCUT2D eigenvalue weighted by molar-refractivity contribution is 6.13. The first-order valence-corrected chi connectivity index (χ1v) is 7.36. The molecule has 2 aromatic rings. The van der Waals surface area contributed by atoms with E-state index in [4.69, 9.17) is 5.11 Å². The van der Waals surface area contributed by atoms with Gasteiger partial charge in [-0.05, 0) is 41.5 Å². The Kier molecular flexibility index (Phi) is 4.30. The fraction of sp³-hybridized carbons (Fsp3) is 0.0556. The second-order valence-electron chi connectivity index (χ2n) is 5.43. The summed E-state index contributed by atoms with van der Waals surface area (Å²) in [6, 6.07) is 10.9. The molecule has 0 aliphatic carbocycles. The predicted molar refractivity (Wildman–Crippen MR) is 86.9 cm³/mol. The van der Waals surface area contributed by atoms with Gasteiger partial charge in [0.15, 0.2) is 0 Å². The van der Waals surface area contributed by atoms with E-state index in [2.05, 4.69) is 5.32 Å². The maximum absolute atomic E-state index is 12.9. The molecular weight excluding hydrogens is 327 g/mol. The van der Waals surface area contributed by atoms with Gasteiger partial charge >= 0.3 is 12.0 Å². The average molecular weight is 340 g/mol. The number of hydrogen-bond donors (Lipinski definition) is 2. The van der Waals surface area contributed by atoms with E-state index in [0.29, 0.717) is 11.1 Å². The molecule has 25 heavy (non-hydrogen) atoms. The van der Waals surface area contributed by atoms with Crippen molar-refractivity contribution in [2.75, 3.05) is 0 Å². The van der Waals surface area contributed by atoms with E-state index in [1.54, 1.807) is 12.1 Å². The van der Waals surface area contributed by atoms with E-state index < -0.39 is 23.7 Å². The quantitative estimate of drug-likeness (QED) is 0.662.